The van der Waals surface area contributed by atoms with Gasteiger partial charge >= 0.3 is 0 Å². The molecule has 0 aliphatic carbocycles. The first-order valence-corrected chi connectivity index (χ1v) is 6.05. The molecule has 2 unspecified atom stereocenters. The Bertz CT molecular complexity index is 283. The van der Waals surface area contributed by atoms with E-state index in [-0.39, 0.29) is 12.1 Å². The zero-order chi connectivity index (χ0) is 9.26. The highest BCUT2D eigenvalue weighted by Crippen LogP contribution is 2.31. The van der Waals surface area contributed by atoms with E-state index in [4.69, 9.17) is 0 Å². The third-order valence-corrected chi connectivity index (χ3v) is 4.06. The summed E-state index contributed by atoms with van der Waals surface area (Å²) in [6, 6.07) is 4.22. The van der Waals surface area contributed by atoms with Crippen LogP contribution in [0.5, 0.6) is 0 Å². The van der Waals surface area contributed by atoms with E-state index in [1.165, 1.54) is 6.42 Å². The van der Waals surface area contributed by atoms with Crippen molar-refractivity contribution >= 4 is 27.3 Å². The van der Waals surface area contributed by atoms with Crippen molar-refractivity contribution in [3.63, 3.8) is 0 Å². The molecular formula is C9H12BrNOS. The van der Waals surface area contributed by atoms with Crippen LogP contribution >= 0.6 is 27.3 Å². The topological polar surface area (TPSA) is 32.3 Å². The smallest absolute Gasteiger partial charge is 0.103 e. The summed E-state index contributed by atoms with van der Waals surface area (Å²) in [7, 11) is 0. The lowest BCUT2D eigenvalue weighted by atomic mass is 10.1. The van der Waals surface area contributed by atoms with Crippen LogP contribution in [-0.4, -0.2) is 17.7 Å². The quantitative estimate of drug-likeness (QED) is 0.857. The van der Waals surface area contributed by atoms with Crippen molar-refractivity contribution in [1.82, 2.24) is 5.32 Å². The molecule has 1 saturated heterocycles. The maximum Gasteiger partial charge on any atom is 0.103 e. The Morgan fingerprint density at radius 1 is 1.62 bits per heavy atom. The maximum absolute atomic E-state index is 9.96. The second-order valence-electron chi connectivity index (χ2n) is 3.29. The molecule has 1 aromatic rings. The van der Waals surface area contributed by atoms with Gasteiger partial charge in [-0.05, 0) is 47.4 Å². The third-order valence-electron chi connectivity index (χ3n) is 2.37. The zero-order valence-electron chi connectivity index (χ0n) is 7.16. The van der Waals surface area contributed by atoms with E-state index in [2.05, 4.69) is 21.2 Å². The second-order valence-corrected chi connectivity index (χ2v) is 5.78. The molecule has 1 aliphatic heterocycles. The van der Waals surface area contributed by atoms with Crippen molar-refractivity contribution in [3.8, 4) is 0 Å². The van der Waals surface area contributed by atoms with Crippen molar-refractivity contribution in [1.29, 1.82) is 0 Å². The Labute approximate surface area is 90.1 Å². The fourth-order valence-corrected chi connectivity index (χ4v) is 3.14. The lowest BCUT2D eigenvalue weighted by molar-refractivity contribution is 0.141. The highest BCUT2D eigenvalue weighted by atomic mass is 79.9. The van der Waals surface area contributed by atoms with Crippen LogP contribution in [0, 0.1) is 0 Å². The van der Waals surface area contributed by atoms with Crippen molar-refractivity contribution in [2.24, 2.45) is 0 Å². The number of thiophene rings is 1. The Morgan fingerprint density at radius 3 is 3.00 bits per heavy atom. The van der Waals surface area contributed by atoms with Gasteiger partial charge in [-0.15, -0.1) is 11.3 Å². The van der Waals surface area contributed by atoms with E-state index >= 15 is 0 Å². The van der Waals surface area contributed by atoms with E-state index in [9.17, 15) is 5.11 Å². The number of hydrogen-bond donors (Lipinski definition) is 2. The minimum atomic E-state index is -0.334. The summed E-state index contributed by atoms with van der Waals surface area (Å²) in [5.74, 6) is 0. The van der Waals surface area contributed by atoms with Crippen molar-refractivity contribution in [3.05, 3.63) is 20.8 Å². The summed E-state index contributed by atoms with van der Waals surface area (Å²) in [5.41, 5.74) is 0. The van der Waals surface area contributed by atoms with Crippen LogP contribution in [0.4, 0.5) is 0 Å². The second kappa shape index (κ2) is 4.09. The number of rotatable bonds is 2. The maximum atomic E-state index is 9.96. The van der Waals surface area contributed by atoms with Crippen LogP contribution < -0.4 is 5.32 Å². The molecule has 2 N–H and O–H groups in total. The van der Waals surface area contributed by atoms with E-state index < -0.39 is 0 Å². The normalized spacial score (nSPS) is 24.9. The van der Waals surface area contributed by atoms with Gasteiger partial charge in [0.1, 0.15) is 6.10 Å². The number of aliphatic hydroxyl groups excluding tert-OH is 1. The highest BCUT2D eigenvalue weighted by molar-refractivity contribution is 9.11. The number of hydrogen-bond acceptors (Lipinski definition) is 3. The lowest BCUT2D eigenvalue weighted by Gasteiger charge is -2.16. The van der Waals surface area contributed by atoms with Crippen LogP contribution in [0.1, 0.15) is 23.8 Å². The molecule has 1 aliphatic rings. The van der Waals surface area contributed by atoms with Crippen LogP contribution in [-0.2, 0) is 0 Å². The molecule has 2 atom stereocenters. The molecule has 1 aromatic heterocycles. The monoisotopic (exact) mass is 261 g/mol. The van der Waals surface area contributed by atoms with Gasteiger partial charge in [0.05, 0.1) is 3.79 Å². The summed E-state index contributed by atoms with van der Waals surface area (Å²) < 4.78 is 1.08. The minimum absolute atomic E-state index is 0.255. The average Bonchev–Trinajstić information content (AvgIpc) is 2.72. The number of nitrogens with one attached hydrogen (secondary N) is 1. The molecule has 2 heterocycles. The first-order chi connectivity index (χ1) is 6.27. The van der Waals surface area contributed by atoms with Crippen LogP contribution in [0.15, 0.2) is 15.9 Å². The Morgan fingerprint density at radius 2 is 2.46 bits per heavy atom. The van der Waals surface area contributed by atoms with Gasteiger partial charge in [0, 0.05) is 10.9 Å². The first kappa shape index (κ1) is 9.65. The Balaban J connectivity index is 2.07. The summed E-state index contributed by atoms with van der Waals surface area (Å²) in [5, 5.41) is 13.3. The number of aliphatic hydroxyl groups is 1. The first-order valence-electron chi connectivity index (χ1n) is 4.44. The fourth-order valence-electron chi connectivity index (χ4n) is 1.67. The van der Waals surface area contributed by atoms with Gasteiger partial charge in [-0.25, -0.2) is 0 Å². The molecule has 0 aromatic carbocycles. The Kier molecular flexibility index (Phi) is 3.03. The molecule has 1 fully saturated rings. The largest absolute Gasteiger partial charge is 0.386 e. The van der Waals surface area contributed by atoms with Crippen molar-refractivity contribution in [2.75, 3.05) is 6.54 Å². The van der Waals surface area contributed by atoms with E-state index in [0.29, 0.717) is 0 Å². The molecule has 72 valence electrons. The van der Waals surface area contributed by atoms with E-state index in [1.54, 1.807) is 11.3 Å². The molecule has 13 heavy (non-hydrogen) atoms. The molecule has 0 saturated carbocycles. The predicted molar refractivity (Wildman–Crippen MR) is 58.0 cm³/mol. The van der Waals surface area contributed by atoms with Gasteiger partial charge in [0.25, 0.3) is 0 Å². The van der Waals surface area contributed by atoms with Gasteiger partial charge in [0.15, 0.2) is 0 Å². The SMILES string of the molecule is OC(c1ccc(Br)s1)C1CCCN1. The molecule has 0 spiro atoms. The van der Waals surface area contributed by atoms with Crippen LogP contribution in [0.3, 0.4) is 0 Å². The highest BCUT2D eigenvalue weighted by Gasteiger charge is 2.24. The summed E-state index contributed by atoms with van der Waals surface area (Å²) in [6.45, 7) is 1.04. The fraction of sp³-hybridized carbons (Fsp3) is 0.556. The van der Waals surface area contributed by atoms with E-state index in [0.717, 1.165) is 21.6 Å². The average molecular weight is 262 g/mol. The standard InChI is InChI=1S/C9H12BrNOS/c10-8-4-3-7(13-8)9(12)6-2-1-5-11-6/h3-4,6,9,11-12H,1-2,5H2. The molecule has 0 radical (unpaired) electrons. The Hall–Kier alpha value is 0.1000. The number of halogens is 1. The molecule has 0 amide bonds. The summed E-state index contributed by atoms with van der Waals surface area (Å²) in [6.07, 6.45) is 1.92. The predicted octanol–water partition coefficient (Wildman–Crippen LogP) is 2.30. The van der Waals surface area contributed by atoms with Gasteiger partial charge in [-0.2, -0.15) is 0 Å². The van der Waals surface area contributed by atoms with Crippen LogP contribution in [0.2, 0.25) is 0 Å². The molecule has 2 rings (SSSR count). The van der Waals surface area contributed by atoms with Crippen LogP contribution in [0.25, 0.3) is 0 Å². The van der Waals surface area contributed by atoms with Gasteiger partial charge in [0.2, 0.25) is 0 Å². The zero-order valence-corrected chi connectivity index (χ0v) is 9.57. The van der Waals surface area contributed by atoms with Crippen molar-refractivity contribution < 1.29 is 5.11 Å². The third kappa shape index (κ3) is 2.13. The summed E-state index contributed by atoms with van der Waals surface area (Å²) >= 11 is 5.01. The van der Waals surface area contributed by atoms with Crippen molar-refractivity contribution in [2.45, 2.75) is 25.0 Å². The van der Waals surface area contributed by atoms with Gasteiger partial charge in [-0.1, -0.05) is 0 Å². The minimum Gasteiger partial charge on any atom is -0.386 e. The molecular weight excluding hydrogens is 250 g/mol. The molecule has 4 heteroatoms. The van der Waals surface area contributed by atoms with Gasteiger partial charge in [-0.3, -0.25) is 0 Å². The van der Waals surface area contributed by atoms with E-state index in [1.807, 2.05) is 12.1 Å². The lowest BCUT2D eigenvalue weighted by Crippen LogP contribution is -2.28. The molecule has 2 nitrogen and oxygen atoms in total. The molecule has 0 bridgehead atoms. The summed E-state index contributed by atoms with van der Waals surface area (Å²) in [4.78, 5) is 1.05. The van der Waals surface area contributed by atoms with Gasteiger partial charge < -0.3 is 10.4 Å².